The minimum atomic E-state index is -1.09. The third-order valence-corrected chi connectivity index (χ3v) is 5.77. The van der Waals surface area contributed by atoms with Gasteiger partial charge in [-0.05, 0) is 37.8 Å². The first-order valence-corrected chi connectivity index (χ1v) is 9.61. The van der Waals surface area contributed by atoms with Crippen molar-refractivity contribution in [1.29, 1.82) is 0 Å². The number of nitrogen functional groups attached to an aromatic ring is 1. The summed E-state index contributed by atoms with van der Waals surface area (Å²) in [5.74, 6) is -0.493. The summed E-state index contributed by atoms with van der Waals surface area (Å²) in [6.07, 6.45) is 5.96. The minimum Gasteiger partial charge on any atom is -0.492 e. The van der Waals surface area contributed by atoms with Crippen LogP contribution in [-0.4, -0.2) is 34.4 Å². The molecule has 0 amide bonds. The zero-order valence-electron chi connectivity index (χ0n) is 16.0. The molecule has 0 saturated heterocycles. The number of nitrogens with zero attached hydrogens (tertiary/aromatic N) is 1. The van der Waals surface area contributed by atoms with Crippen molar-refractivity contribution in [3.8, 4) is 5.75 Å². The number of benzene rings is 1. The zero-order chi connectivity index (χ0) is 19.6. The van der Waals surface area contributed by atoms with Gasteiger partial charge in [0.05, 0.1) is 35.5 Å². The maximum atomic E-state index is 11.7. The molecule has 1 aromatic heterocycles. The molecule has 1 aliphatic rings. The van der Waals surface area contributed by atoms with Gasteiger partial charge in [-0.3, -0.25) is 4.98 Å². The molecule has 27 heavy (non-hydrogen) atoms. The number of ether oxygens (including phenoxy) is 1. The maximum absolute atomic E-state index is 11.7. The van der Waals surface area contributed by atoms with Gasteiger partial charge in [-0.15, -0.1) is 0 Å². The van der Waals surface area contributed by atoms with Crippen molar-refractivity contribution in [2.75, 3.05) is 18.9 Å². The Labute approximate surface area is 159 Å². The van der Waals surface area contributed by atoms with Gasteiger partial charge < -0.3 is 20.7 Å². The molecule has 0 radical (unpaired) electrons. The number of carbonyl (C=O) groups is 1. The van der Waals surface area contributed by atoms with Gasteiger partial charge >= 0.3 is 5.97 Å². The molecule has 0 aliphatic heterocycles. The summed E-state index contributed by atoms with van der Waals surface area (Å²) >= 11 is 0. The second-order valence-corrected chi connectivity index (χ2v) is 7.60. The van der Waals surface area contributed by atoms with E-state index in [0.717, 1.165) is 37.7 Å². The van der Waals surface area contributed by atoms with Gasteiger partial charge in [0.15, 0.2) is 0 Å². The van der Waals surface area contributed by atoms with E-state index in [-0.39, 0.29) is 23.3 Å². The molecule has 0 bridgehead atoms. The number of aryl methyl sites for hydroxylation is 2. The van der Waals surface area contributed by atoms with Gasteiger partial charge in [-0.2, -0.15) is 0 Å². The largest absolute Gasteiger partial charge is 0.492 e. The van der Waals surface area contributed by atoms with Gasteiger partial charge in [0.25, 0.3) is 0 Å². The van der Waals surface area contributed by atoms with Crippen LogP contribution in [-0.2, 0) is 6.42 Å². The SMILES string of the molecule is CCc1ccc2nc(C)c(C(=O)O)c(N)c2c1OCC1(CO)CCCCC1. The van der Waals surface area contributed by atoms with Gasteiger partial charge in [-0.1, -0.05) is 32.3 Å². The molecule has 6 heteroatoms. The second-order valence-electron chi connectivity index (χ2n) is 7.60. The van der Waals surface area contributed by atoms with Gasteiger partial charge in [0, 0.05) is 5.41 Å². The number of aromatic nitrogens is 1. The topological polar surface area (TPSA) is 106 Å². The fraction of sp³-hybridized carbons (Fsp3) is 0.524. The Bertz CT molecular complexity index is 857. The van der Waals surface area contributed by atoms with E-state index in [1.165, 1.54) is 6.42 Å². The average molecular weight is 372 g/mol. The van der Waals surface area contributed by atoms with E-state index in [9.17, 15) is 15.0 Å². The summed E-state index contributed by atoms with van der Waals surface area (Å²) in [5.41, 5.74) is 8.22. The molecule has 3 rings (SSSR count). The first kappa shape index (κ1) is 19.4. The number of anilines is 1. The molecule has 0 spiro atoms. The highest BCUT2D eigenvalue weighted by Gasteiger charge is 2.33. The van der Waals surface area contributed by atoms with Crippen molar-refractivity contribution in [2.45, 2.75) is 52.4 Å². The molecule has 1 aromatic carbocycles. The number of rotatable bonds is 6. The van der Waals surface area contributed by atoms with Gasteiger partial charge in [0.1, 0.15) is 11.3 Å². The summed E-state index contributed by atoms with van der Waals surface area (Å²) < 4.78 is 6.26. The van der Waals surface area contributed by atoms with Gasteiger partial charge in [0.2, 0.25) is 0 Å². The molecular weight excluding hydrogens is 344 g/mol. The third-order valence-electron chi connectivity index (χ3n) is 5.77. The average Bonchev–Trinajstić information content (AvgIpc) is 2.66. The molecule has 2 aromatic rings. The fourth-order valence-electron chi connectivity index (χ4n) is 4.11. The Morgan fingerprint density at radius 2 is 2.00 bits per heavy atom. The lowest BCUT2D eigenvalue weighted by atomic mass is 9.75. The first-order chi connectivity index (χ1) is 12.9. The highest BCUT2D eigenvalue weighted by Crippen LogP contribution is 2.40. The number of carboxylic acids is 1. The highest BCUT2D eigenvalue weighted by molar-refractivity contribution is 6.07. The molecule has 146 valence electrons. The lowest BCUT2D eigenvalue weighted by Crippen LogP contribution is -2.34. The Balaban J connectivity index is 2.09. The number of aromatic carboxylic acids is 1. The number of hydrogen-bond donors (Lipinski definition) is 3. The molecule has 1 saturated carbocycles. The molecule has 4 N–H and O–H groups in total. The molecule has 1 heterocycles. The molecule has 0 atom stereocenters. The standard InChI is InChI=1S/C21H28N2O4/c1-3-14-7-8-15-17(18(22)16(20(25)26)13(2)23-15)19(14)27-12-21(11-24)9-5-4-6-10-21/h7-8,24H,3-6,9-12H2,1-2H3,(H2,22,23)(H,25,26). The number of fused-ring (bicyclic) bond motifs is 1. The van der Waals surface area contributed by atoms with Crippen molar-refractivity contribution < 1.29 is 19.7 Å². The molecule has 0 unspecified atom stereocenters. The van der Waals surface area contributed by atoms with E-state index >= 15 is 0 Å². The van der Waals surface area contributed by atoms with E-state index in [0.29, 0.717) is 29.0 Å². The van der Waals surface area contributed by atoms with Crippen LogP contribution in [0.3, 0.4) is 0 Å². The van der Waals surface area contributed by atoms with Crippen LogP contribution in [0.25, 0.3) is 10.9 Å². The molecule has 1 aliphatic carbocycles. The van der Waals surface area contributed by atoms with E-state index < -0.39 is 5.97 Å². The first-order valence-electron chi connectivity index (χ1n) is 9.61. The maximum Gasteiger partial charge on any atom is 0.339 e. The summed E-state index contributed by atoms with van der Waals surface area (Å²) in [6, 6.07) is 3.81. The fourth-order valence-corrected chi connectivity index (χ4v) is 4.11. The Morgan fingerprint density at radius 1 is 1.30 bits per heavy atom. The zero-order valence-corrected chi connectivity index (χ0v) is 16.0. The van der Waals surface area contributed by atoms with Crippen molar-refractivity contribution in [3.05, 3.63) is 29.0 Å². The number of hydrogen-bond acceptors (Lipinski definition) is 5. The van der Waals surface area contributed by atoms with Crippen molar-refractivity contribution in [1.82, 2.24) is 4.98 Å². The molecular formula is C21H28N2O4. The van der Waals surface area contributed by atoms with Gasteiger partial charge in [-0.25, -0.2) is 4.79 Å². The van der Waals surface area contributed by atoms with Crippen LogP contribution >= 0.6 is 0 Å². The normalized spacial score (nSPS) is 16.4. The van der Waals surface area contributed by atoms with Crippen LogP contribution in [0.15, 0.2) is 12.1 Å². The Kier molecular flexibility index (Phi) is 5.56. The predicted molar refractivity (Wildman–Crippen MR) is 105 cm³/mol. The van der Waals surface area contributed by atoms with Crippen LogP contribution in [0.2, 0.25) is 0 Å². The number of aliphatic hydroxyl groups excluding tert-OH is 1. The van der Waals surface area contributed by atoms with E-state index in [1.54, 1.807) is 6.92 Å². The quantitative estimate of drug-likeness (QED) is 0.714. The minimum absolute atomic E-state index is 0.0233. The van der Waals surface area contributed by atoms with Crippen molar-refractivity contribution in [3.63, 3.8) is 0 Å². The van der Waals surface area contributed by atoms with Crippen molar-refractivity contribution in [2.24, 2.45) is 5.41 Å². The van der Waals surface area contributed by atoms with Crippen molar-refractivity contribution >= 4 is 22.6 Å². The third kappa shape index (κ3) is 3.58. The lowest BCUT2D eigenvalue weighted by molar-refractivity contribution is 0.0335. The summed E-state index contributed by atoms with van der Waals surface area (Å²) in [4.78, 5) is 16.1. The lowest BCUT2D eigenvalue weighted by Gasteiger charge is -2.35. The highest BCUT2D eigenvalue weighted by atomic mass is 16.5. The predicted octanol–water partition coefficient (Wildman–Crippen LogP) is 3.71. The monoisotopic (exact) mass is 372 g/mol. The summed E-state index contributed by atoms with van der Waals surface area (Å²) in [7, 11) is 0. The van der Waals surface area contributed by atoms with Crippen LogP contribution in [0.5, 0.6) is 5.75 Å². The van der Waals surface area contributed by atoms with E-state index in [1.807, 2.05) is 19.1 Å². The summed E-state index contributed by atoms with van der Waals surface area (Å²) in [6.45, 7) is 4.15. The second kappa shape index (κ2) is 7.72. The Hall–Kier alpha value is -2.34. The van der Waals surface area contributed by atoms with Crippen LogP contribution in [0, 0.1) is 12.3 Å². The number of carboxylic acid groups (broad SMARTS) is 1. The smallest absolute Gasteiger partial charge is 0.339 e. The number of pyridine rings is 1. The van der Waals surface area contributed by atoms with Crippen LogP contribution < -0.4 is 10.5 Å². The van der Waals surface area contributed by atoms with E-state index in [4.69, 9.17) is 10.5 Å². The number of nitrogens with two attached hydrogens (primary N) is 1. The Morgan fingerprint density at radius 3 is 2.59 bits per heavy atom. The number of aliphatic hydroxyl groups is 1. The molecule has 1 fully saturated rings. The van der Waals surface area contributed by atoms with E-state index in [2.05, 4.69) is 4.98 Å². The van der Waals surface area contributed by atoms with Crippen LogP contribution in [0.4, 0.5) is 5.69 Å². The summed E-state index contributed by atoms with van der Waals surface area (Å²) in [5, 5.41) is 20.1. The van der Waals surface area contributed by atoms with Crippen LogP contribution in [0.1, 0.15) is 60.6 Å². The molecule has 6 nitrogen and oxygen atoms in total.